The highest BCUT2D eigenvalue weighted by molar-refractivity contribution is 7.87. The van der Waals surface area contributed by atoms with Gasteiger partial charge in [-0.1, -0.05) is 78.4 Å². The minimum atomic E-state index is -4.20. The highest BCUT2D eigenvalue weighted by Gasteiger charge is 2.29. The number of hydrogen-bond acceptors (Lipinski definition) is 4. The fourth-order valence-corrected chi connectivity index (χ4v) is 6.22. The minimum Gasteiger partial charge on any atom is -0.376 e. The van der Waals surface area contributed by atoms with Crippen molar-refractivity contribution in [3.63, 3.8) is 0 Å². The van der Waals surface area contributed by atoms with Gasteiger partial charge in [-0.2, -0.15) is 13.7 Å². The van der Waals surface area contributed by atoms with Crippen molar-refractivity contribution < 1.29 is 12.6 Å². The molecule has 6 heteroatoms. The van der Waals surface area contributed by atoms with Crippen molar-refractivity contribution in [2.75, 3.05) is 0 Å². The molecule has 0 radical (unpaired) electrons. The first-order valence-electron chi connectivity index (χ1n) is 11.5. The van der Waals surface area contributed by atoms with Crippen LogP contribution in [0.2, 0.25) is 0 Å². The van der Waals surface area contributed by atoms with Gasteiger partial charge in [-0.25, -0.2) is 0 Å². The molecule has 5 nitrogen and oxygen atoms in total. The number of nitriles is 1. The van der Waals surface area contributed by atoms with Gasteiger partial charge in [0.1, 0.15) is 4.90 Å². The molecule has 178 valence electrons. The van der Waals surface area contributed by atoms with E-state index in [4.69, 9.17) is 4.18 Å². The number of rotatable bonds is 5. The van der Waals surface area contributed by atoms with E-state index in [0.717, 1.165) is 22.4 Å². The summed E-state index contributed by atoms with van der Waals surface area (Å²) in [6, 6.07) is 28.5. The van der Waals surface area contributed by atoms with Crippen molar-refractivity contribution in [1.29, 1.82) is 5.26 Å². The van der Waals surface area contributed by atoms with Crippen molar-refractivity contribution in [1.82, 2.24) is 4.40 Å². The molecule has 0 unspecified atom stereocenters. The van der Waals surface area contributed by atoms with E-state index < -0.39 is 10.1 Å². The fraction of sp³-hybridized carbons (Fsp3) is 0.100. The Morgan fingerprint density at radius 3 is 1.97 bits per heavy atom. The smallest absolute Gasteiger partial charge is 0.339 e. The van der Waals surface area contributed by atoms with E-state index in [9.17, 15) is 13.7 Å². The van der Waals surface area contributed by atoms with E-state index in [1.54, 1.807) is 32.2 Å². The molecule has 0 N–H and O–H groups in total. The van der Waals surface area contributed by atoms with Crippen LogP contribution >= 0.6 is 0 Å². The van der Waals surface area contributed by atoms with Crippen LogP contribution < -0.4 is 4.18 Å². The summed E-state index contributed by atoms with van der Waals surface area (Å²) >= 11 is 0. The number of aryl methyl sites for hydroxylation is 3. The number of hydrogen-bond donors (Lipinski definition) is 0. The van der Waals surface area contributed by atoms with E-state index in [2.05, 4.69) is 6.07 Å². The van der Waals surface area contributed by atoms with E-state index in [-0.39, 0.29) is 10.6 Å². The van der Waals surface area contributed by atoms with Crippen molar-refractivity contribution in [2.24, 2.45) is 0 Å². The topological polar surface area (TPSA) is 71.6 Å². The van der Waals surface area contributed by atoms with Crippen molar-refractivity contribution in [2.45, 2.75) is 25.7 Å². The first kappa shape index (κ1) is 23.4. The highest BCUT2D eigenvalue weighted by atomic mass is 32.2. The monoisotopic (exact) mass is 492 g/mol. The SMILES string of the molecule is Cc1cc(C)c(S(=O)(=O)Oc2c(-c3ccccc3)c(-c3ccccc3)n3ccc(C#N)cc23)c(C)c1. The van der Waals surface area contributed by atoms with Crippen molar-refractivity contribution in [3.05, 3.63) is 113 Å². The number of nitrogens with zero attached hydrogens (tertiary/aromatic N) is 2. The molecule has 0 aliphatic heterocycles. The number of pyridine rings is 1. The summed E-state index contributed by atoms with van der Waals surface area (Å²) in [5.41, 5.74) is 6.26. The lowest BCUT2D eigenvalue weighted by Crippen LogP contribution is -2.13. The maximum absolute atomic E-state index is 13.8. The lowest BCUT2D eigenvalue weighted by atomic mass is 10.0. The minimum absolute atomic E-state index is 0.157. The van der Waals surface area contributed by atoms with E-state index in [1.165, 1.54) is 0 Å². The molecular weight excluding hydrogens is 468 g/mol. The fourth-order valence-electron chi connectivity index (χ4n) is 4.84. The molecule has 2 aromatic heterocycles. The second-order valence-corrected chi connectivity index (χ2v) is 10.3. The summed E-state index contributed by atoms with van der Waals surface area (Å²) in [5.74, 6) is 0.191. The molecule has 0 atom stereocenters. The molecule has 5 rings (SSSR count). The van der Waals surface area contributed by atoms with Crippen LogP contribution in [0.15, 0.2) is 96.0 Å². The molecule has 0 saturated carbocycles. The first-order chi connectivity index (χ1) is 17.3. The van der Waals surface area contributed by atoms with E-state index in [0.29, 0.717) is 27.8 Å². The second-order valence-electron chi connectivity index (χ2n) is 8.83. The van der Waals surface area contributed by atoms with Crippen LogP contribution in [0.25, 0.3) is 27.9 Å². The molecule has 0 bridgehead atoms. The Morgan fingerprint density at radius 2 is 1.39 bits per heavy atom. The van der Waals surface area contributed by atoms with Crippen molar-refractivity contribution in [3.8, 4) is 34.2 Å². The Morgan fingerprint density at radius 1 is 0.806 bits per heavy atom. The molecule has 36 heavy (non-hydrogen) atoms. The summed E-state index contributed by atoms with van der Waals surface area (Å²) in [5, 5.41) is 9.59. The molecule has 0 fully saturated rings. The normalized spacial score (nSPS) is 11.4. The zero-order chi connectivity index (χ0) is 25.4. The Balaban J connectivity index is 1.86. The van der Waals surface area contributed by atoms with Gasteiger partial charge in [0, 0.05) is 6.20 Å². The number of benzene rings is 3. The van der Waals surface area contributed by atoms with Crippen LogP contribution in [0.3, 0.4) is 0 Å². The molecular formula is C30H24N2O3S. The third-order valence-electron chi connectivity index (χ3n) is 6.18. The quantitative estimate of drug-likeness (QED) is 0.252. The molecule has 5 aromatic rings. The predicted octanol–water partition coefficient (Wildman–Crippen LogP) is 6.84. The van der Waals surface area contributed by atoms with E-state index >= 15 is 0 Å². The van der Waals surface area contributed by atoms with Gasteiger partial charge in [-0.3, -0.25) is 0 Å². The average Bonchev–Trinajstić information content (AvgIpc) is 3.16. The van der Waals surface area contributed by atoms with Crippen LogP contribution in [0.1, 0.15) is 22.3 Å². The van der Waals surface area contributed by atoms with Crippen molar-refractivity contribution >= 4 is 15.6 Å². The molecule has 2 heterocycles. The zero-order valence-electron chi connectivity index (χ0n) is 20.2. The van der Waals surface area contributed by atoms with Gasteiger partial charge >= 0.3 is 10.1 Å². The molecule has 0 aliphatic carbocycles. The summed E-state index contributed by atoms with van der Waals surface area (Å²) in [6.45, 7) is 5.48. The van der Waals surface area contributed by atoms with Gasteiger partial charge in [0.05, 0.1) is 28.4 Å². The maximum atomic E-state index is 13.8. The number of aromatic nitrogens is 1. The maximum Gasteiger partial charge on any atom is 0.339 e. The molecule has 0 aliphatic rings. The largest absolute Gasteiger partial charge is 0.376 e. The standard InChI is InChI=1S/C30H24N2O3S/c1-20-16-21(2)30(22(3)17-20)36(33,34)35-29-26-18-23(19-31)14-15-32(26)28(25-12-8-5-9-13-25)27(29)24-10-6-4-7-11-24/h4-18H,1-3H3. The van der Waals surface area contributed by atoms with Gasteiger partial charge in [0.15, 0.2) is 5.75 Å². The van der Waals surface area contributed by atoms with E-state index in [1.807, 2.05) is 84.1 Å². The van der Waals surface area contributed by atoms with Gasteiger partial charge < -0.3 is 8.58 Å². The summed E-state index contributed by atoms with van der Waals surface area (Å²) < 4.78 is 35.5. The van der Waals surface area contributed by atoms with Crippen LogP contribution in [0, 0.1) is 32.1 Å². The summed E-state index contributed by atoms with van der Waals surface area (Å²) in [7, 11) is -4.20. The zero-order valence-corrected chi connectivity index (χ0v) is 21.0. The second kappa shape index (κ2) is 9.03. The molecule has 0 amide bonds. The molecule has 0 spiro atoms. The lowest BCUT2D eigenvalue weighted by molar-refractivity contribution is 0.488. The number of fused-ring (bicyclic) bond motifs is 1. The Hall–Kier alpha value is -4.34. The van der Waals surface area contributed by atoms with Gasteiger partial charge in [0.2, 0.25) is 0 Å². The summed E-state index contributed by atoms with van der Waals surface area (Å²) in [4.78, 5) is 0.157. The highest BCUT2D eigenvalue weighted by Crippen LogP contribution is 2.46. The Bertz CT molecular complexity index is 1720. The van der Waals surface area contributed by atoms with Crippen LogP contribution in [-0.4, -0.2) is 12.8 Å². The average molecular weight is 493 g/mol. The lowest BCUT2D eigenvalue weighted by Gasteiger charge is -2.14. The van der Waals surface area contributed by atoms with Gasteiger partial charge in [0.25, 0.3) is 0 Å². The molecule has 3 aromatic carbocycles. The molecule has 0 saturated heterocycles. The first-order valence-corrected chi connectivity index (χ1v) is 12.9. The summed E-state index contributed by atoms with van der Waals surface area (Å²) in [6.07, 6.45) is 1.78. The predicted molar refractivity (Wildman–Crippen MR) is 141 cm³/mol. The van der Waals surface area contributed by atoms with Crippen LogP contribution in [-0.2, 0) is 10.1 Å². The Kier molecular flexibility index (Phi) is 5.87. The third-order valence-corrected chi connectivity index (χ3v) is 7.71. The third kappa shape index (κ3) is 4.04. The van der Waals surface area contributed by atoms with Crippen LogP contribution in [0.5, 0.6) is 5.75 Å². The Labute approximate surface area is 211 Å². The van der Waals surface area contributed by atoms with Gasteiger partial charge in [-0.05, 0) is 55.2 Å². The van der Waals surface area contributed by atoms with Crippen LogP contribution in [0.4, 0.5) is 0 Å². The van der Waals surface area contributed by atoms with Gasteiger partial charge in [-0.15, -0.1) is 0 Å².